The molecule has 0 amide bonds. The average molecular weight is 266 g/mol. The van der Waals surface area contributed by atoms with Gasteiger partial charge in [0.25, 0.3) is 0 Å². The van der Waals surface area contributed by atoms with Crippen LogP contribution in [-0.2, 0) is 11.3 Å². The minimum Gasteiger partial charge on any atom is -0.381 e. The van der Waals surface area contributed by atoms with Gasteiger partial charge in [0.15, 0.2) is 4.77 Å². The maximum atomic E-state index is 13.6. The van der Waals surface area contributed by atoms with Gasteiger partial charge in [0, 0.05) is 19.8 Å². The van der Waals surface area contributed by atoms with Crippen molar-refractivity contribution in [1.82, 2.24) is 9.55 Å². The molecule has 3 nitrogen and oxygen atoms in total. The van der Waals surface area contributed by atoms with Crippen LogP contribution in [0.4, 0.5) is 4.39 Å². The van der Waals surface area contributed by atoms with Crippen LogP contribution in [0.2, 0.25) is 0 Å². The molecule has 1 fully saturated rings. The van der Waals surface area contributed by atoms with Gasteiger partial charge in [-0.1, -0.05) is 6.07 Å². The number of aromatic nitrogens is 2. The van der Waals surface area contributed by atoms with E-state index in [0.29, 0.717) is 16.2 Å². The normalized spacial score (nSPS) is 19.7. The molecule has 2 aromatic rings. The summed E-state index contributed by atoms with van der Waals surface area (Å²) in [6.07, 6.45) is 2.14. The smallest absolute Gasteiger partial charge is 0.178 e. The van der Waals surface area contributed by atoms with Crippen LogP contribution in [0.5, 0.6) is 0 Å². The van der Waals surface area contributed by atoms with E-state index in [1.54, 1.807) is 6.07 Å². The Morgan fingerprint density at radius 2 is 2.39 bits per heavy atom. The molecular weight excluding hydrogens is 251 g/mol. The van der Waals surface area contributed by atoms with Crippen LogP contribution in [0, 0.1) is 16.5 Å². The number of halogens is 1. The highest BCUT2D eigenvalue weighted by Gasteiger charge is 2.16. The van der Waals surface area contributed by atoms with Crippen molar-refractivity contribution in [2.45, 2.75) is 19.4 Å². The number of aryl methyl sites for hydroxylation is 1. The minimum atomic E-state index is -0.249. The Labute approximate surface area is 110 Å². The standard InChI is InChI=1S/C13H15FN2OS/c14-10-2-1-3-11-12(10)15-13(18)16(11)6-4-9-5-7-17-8-9/h1-3,9H,4-8H2,(H,15,18). The molecule has 1 saturated heterocycles. The first-order chi connectivity index (χ1) is 8.75. The van der Waals surface area contributed by atoms with E-state index >= 15 is 0 Å². The molecule has 1 aromatic carbocycles. The topological polar surface area (TPSA) is 29.9 Å². The molecule has 2 heterocycles. The van der Waals surface area contributed by atoms with Crippen molar-refractivity contribution in [2.24, 2.45) is 5.92 Å². The van der Waals surface area contributed by atoms with Gasteiger partial charge in [-0.3, -0.25) is 0 Å². The summed E-state index contributed by atoms with van der Waals surface area (Å²) in [7, 11) is 0. The van der Waals surface area contributed by atoms with Crippen molar-refractivity contribution >= 4 is 23.3 Å². The molecule has 1 aliphatic rings. The van der Waals surface area contributed by atoms with E-state index in [0.717, 1.165) is 38.1 Å². The number of benzene rings is 1. The van der Waals surface area contributed by atoms with E-state index in [1.807, 2.05) is 10.6 Å². The molecule has 0 spiro atoms. The fourth-order valence-electron chi connectivity index (χ4n) is 2.49. The Kier molecular flexibility index (Phi) is 3.18. The first kappa shape index (κ1) is 11.9. The zero-order chi connectivity index (χ0) is 12.5. The molecule has 1 aromatic heterocycles. The lowest BCUT2D eigenvalue weighted by atomic mass is 10.1. The Morgan fingerprint density at radius 1 is 1.50 bits per heavy atom. The highest BCUT2D eigenvalue weighted by Crippen LogP contribution is 2.21. The summed E-state index contributed by atoms with van der Waals surface area (Å²) in [5, 5.41) is 0. The highest BCUT2D eigenvalue weighted by atomic mass is 32.1. The number of ether oxygens (including phenoxy) is 1. The number of hydrogen-bond donors (Lipinski definition) is 1. The number of nitrogens with one attached hydrogen (secondary N) is 1. The molecule has 96 valence electrons. The minimum absolute atomic E-state index is 0.249. The van der Waals surface area contributed by atoms with Gasteiger partial charge in [0.1, 0.15) is 11.3 Å². The SMILES string of the molecule is Fc1cccc2c1[nH]c(=S)n2CCC1CCOC1. The van der Waals surface area contributed by atoms with Crippen LogP contribution in [0.1, 0.15) is 12.8 Å². The maximum Gasteiger partial charge on any atom is 0.178 e. The number of nitrogens with zero attached hydrogens (tertiary/aromatic N) is 1. The number of aromatic amines is 1. The van der Waals surface area contributed by atoms with Gasteiger partial charge in [0.2, 0.25) is 0 Å². The third-order valence-corrected chi connectivity index (χ3v) is 3.87. The summed E-state index contributed by atoms with van der Waals surface area (Å²) < 4.78 is 21.5. The van der Waals surface area contributed by atoms with Crippen LogP contribution in [0.3, 0.4) is 0 Å². The number of H-pyrrole nitrogens is 1. The molecule has 1 atom stereocenters. The maximum absolute atomic E-state index is 13.6. The first-order valence-corrected chi connectivity index (χ1v) is 6.61. The van der Waals surface area contributed by atoms with Gasteiger partial charge in [-0.25, -0.2) is 4.39 Å². The Hall–Kier alpha value is -1.20. The number of hydrogen-bond acceptors (Lipinski definition) is 2. The van der Waals surface area contributed by atoms with Gasteiger partial charge in [-0.2, -0.15) is 0 Å². The summed E-state index contributed by atoms with van der Waals surface area (Å²) >= 11 is 5.26. The van der Waals surface area contributed by atoms with Gasteiger partial charge in [-0.15, -0.1) is 0 Å². The van der Waals surface area contributed by atoms with Crippen LogP contribution in [-0.4, -0.2) is 22.8 Å². The second kappa shape index (κ2) is 4.82. The third-order valence-electron chi connectivity index (χ3n) is 3.54. The molecule has 1 aliphatic heterocycles. The Balaban J connectivity index is 1.89. The van der Waals surface area contributed by atoms with Gasteiger partial charge in [-0.05, 0) is 43.1 Å². The van der Waals surface area contributed by atoms with E-state index in [4.69, 9.17) is 17.0 Å². The van der Waals surface area contributed by atoms with Crippen molar-refractivity contribution < 1.29 is 9.13 Å². The molecule has 1 N–H and O–H groups in total. The molecule has 0 aliphatic carbocycles. The zero-order valence-electron chi connectivity index (χ0n) is 9.99. The fourth-order valence-corrected chi connectivity index (χ4v) is 2.78. The Morgan fingerprint density at radius 3 is 3.17 bits per heavy atom. The molecule has 5 heteroatoms. The number of rotatable bonds is 3. The number of imidazole rings is 1. The van der Waals surface area contributed by atoms with E-state index in [2.05, 4.69) is 4.98 Å². The summed E-state index contributed by atoms with van der Waals surface area (Å²) in [6, 6.07) is 5.06. The van der Waals surface area contributed by atoms with Crippen molar-refractivity contribution in [2.75, 3.05) is 13.2 Å². The largest absolute Gasteiger partial charge is 0.381 e. The summed E-state index contributed by atoms with van der Waals surface area (Å²) in [5.41, 5.74) is 1.35. The monoisotopic (exact) mass is 266 g/mol. The van der Waals surface area contributed by atoms with E-state index in [9.17, 15) is 4.39 Å². The Bertz CT molecular complexity index is 613. The fraction of sp³-hybridized carbons (Fsp3) is 0.462. The lowest BCUT2D eigenvalue weighted by molar-refractivity contribution is 0.183. The van der Waals surface area contributed by atoms with Crippen LogP contribution < -0.4 is 0 Å². The lowest BCUT2D eigenvalue weighted by Gasteiger charge is -2.08. The van der Waals surface area contributed by atoms with Crippen molar-refractivity contribution in [3.05, 3.63) is 28.8 Å². The van der Waals surface area contributed by atoms with Gasteiger partial charge in [0.05, 0.1) is 5.52 Å². The lowest BCUT2D eigenvalue weighted by Crippen LogP contribution is -2.06. The summed E-state index contributed by atoms with van der Waals surface area (Å²) in [6.45, 7) is 2.51. The summed E-state index contributed by atoms with van der Waals surface area (Å²) in [4.78, 5) is 2.94. The van der Waals surface area contributed by atoms with Crippen molar-refractivity contribution in [3.63, 3.8) is 0 Å². The molecular formula is C13H15FN2OS. The first-order valence-electron chi connectivity index (χ1n) is 6.20. The molecule has 18 heavy (non-hydrogen) atoms. The predicted molar refractivity (Wildman–Crippen MR) is 70.6 cm³/mol. The predicted octanol–water partition coefficient (Wildman–Crippen LogP) is 3.26. The molecule has 0 bridgehead atoms. The van der Waals surface area contributed by atoms with Crippen LogP contribution in [0.25, 0.3) is 11.0 Å². The average Bonchev–Trinajstić information content (AvgIpc) is 2.95. The van der Waals surface area contributed by atoms with E-state index in [-0.39, 0.29) is 5.82 Å². The third kappa shape index (κ3) is 2.08. The van der Waals surface area contributed by atoms with Gasteiger partial charge < -0.3 is 14.3 Å². The van der Waals surface area contributed by atoms with Crippen LogP contribution in [0.15, 0.2) is 18.2 Å². The number of para-hydroxylation sites is 1. The second-order valence-corrected chi connectivity index (χ2v) is 5.12. The quantitative estimate of drug-likeness (QED) is 0.864. The van der Waals surface area contributed by atoms with Crippen molar-refractivity contribution in [3.8, 4) is 0 Å². The van der Waals surface area contributed by atoms with Crippen LogP contribution >= 0.6 is 12.2 Å². The molecule has 1 unspecified atom stereocenters. The molecule has 3 rings (SSSR count). The second-order valence-electron chi connectivity index (χ2n) is 4.73. The van der Waals surface area contributed by atoms with Crippen molar-refractivity contribution in [1.29, 1.82) is 0 Å². The molecule has 0 saturated carbocycles. The summed E-state index contributed by atoms with van der Waals surface area (Å²) in [5.74, 6) is 0.354. The number of fused-ring (bicyclic) bond motifs is 1. The highest BCUT2D eigenvalue weighted by molar-refractivity contribution is 7.71. The van der Waals surface area contributed by atoms with Gasteiger partial charge >= 0.3 is 0 Å². The van der Waals surface area contributed by atoms with E-state index in [1.165, 1.54) is 6.07 Å². The zero-order valence-corrected chi connectivity index (χ0v) is 10.8. The van der Waals surface area contributed by atoms with E-state index < -0.39 is 0 Å². The molecule has 0 radical (unpaired) electrons.